The molecule has 1 fully saturated rings. The fraction of sp³-hybridized carbons (Fsp3) is 0.385. The lowest BCUT2D eigenvalue weighted by Gasteiger charge is -2.12. The molecule has 0 unspecified atom stereocenters. The zero-order valence-corrected chi connectivity index (χ0v) is 10.2. The van der Waals surface area contributed by atoms with E-state index in [4.69, 9.17) is 5.11 Å². The van der Waals surface area contributed by atoms with E-state index in [-0.39, 0.29) is 11.7 Å². The van der Waals surface area contributed by atoms with Crippen LogP contribution in [0, 0.1) is 0 Å². The fourth-order valence-corrected chi connectivity index (χ4v) is 1.92. The van der Waals surface area contributed by atoms with Crippen LogP contribution < -0.4 is 5.43 Å². The molecule has 1 aliphatic rings. The van der Waals surface area contributed by atoms with E-state index in [1.54, 1.807) is 30.5 Å². The van der Waals surface area contributed by atoms with Gasteiger partial charge in [-0.3, -0.25) is 9.69 Å². The summed E-state index contributed by atoms with van der Waals surface area (Å²) in [4.78, 5) is 13.7. The summed E-state index contributed by atoms with van der Waals surface area (Å²) in [5.41, 5.74) is 3.33. The monoisotopic (exact) mass is 247 g/mol. The molecule has 1 aromatic carbocycles. The summed E-state index contributed by atoms with van der Waals surface area (Å²) in [5.74, 6) is 0.122. The van der Waals surface area contributed by atoms with Crippen LogP contribution in [0.5, 0.6) is 5.75 Å². The van der Waals surface area contributed by atoms with Gasteiger partial charge in [0, 0.05) is 0 Å². The molecule has 0 spiro atoms. The maximum atomic E-state index is 11.5. The van der Waals surface area contributed by atoms with Gasteiger partial charge < -0.3 is 5.11 Å². The number of likely N-dealkylation sites (tertiary alicyclic amines) is 1. The predicted octanol–water partition coefficient (Wildman–Crippen LogP) is 0.938. The third-order valence-electron chi connectivity index (χ3n) is 2.86. The molecule has 0 saturated carbocycles. The van der Waals surface area contributed by atoms with Crippen LogP contribution >= 0.6 is 0 Å². The van der Waals surface area contributed by atoms with Gasteiger partial charge in [-0.1, -0.05) is 0 Å². The quantitative estimate of drug-likeness (QED) is 0.614. The number of hydrogen-bond acceptors (Lipinski definition) is 4. The average Bonchev–Trinajstić information content (AvgIpc) is 2.84. The van der Waals surface area contributed by atoms with Crippen LogP contribution in [0.15, 0.2) is 29.4 Å². The van der Waals surface area contributed by atoms with Crippen molar-refractivity contribution in [2.75, 3.05) is 19.6 Å². The highest BCUT2D eigenvalue weighted by Gasteiger charge is 2.14. The van der Waals surface area contributed by atoms with E-state index < -0.39 is 0 Å². The van der Waals surface area contributed by atoms with Crippen molar-refractivity contribution in [1.82, 2.24) is 10.3 Å². The standard InChI is InChI=1S/C13H17N3O2/c17-12-5-3-11(4-6-12)9-14-15-13(18)10-16-7-1-2-8-16/h3-6,9,17H,1-2,7-8,10H2,(H,15,18)/b14-9-. The molecule has 1 aliphatic heterocycles. The first-order valence-corrected chi connectivity index (χ1v) is 6.07. The Morgan fingerprint density at radius 3 is 2.67 bits per heavy atom. The van der Waals surface area contributed by atoms with Gasteiger partial charge in [-0.25, -0.2) is 5.43 Å². The molecular weight excluding hydrogens is 230 g/mol. The first kappa shape index (κ1) is 12.6. The molecule has 96 valence electrons. The van der Waals surface area contributed by atoms with Crippen molar-refractivity contribution >= 4 is 12.1 Å². The van der Waals surface area contributed by atoms with E-state index in [2.05, 4.69) is 15.4 Å². The van der Waals surface area contributed by atoms with Crippen LogP contribution in [0.4, 0.5) is 0 Å². The predicted molar refractivity (Wildman–Crippen MR) is 69.5 cm³/mol. The Bertz CT molecular complexity index is 422. The van der Waals surface area contributed by atoms with Crippen molar-refractivity contribution in [2.45, 2.75) is 12.8 Å². The second-order valence-corrected chi connectivity index (χ2v) is 4.37. The maximum Gasteiger partial charge on any atom is 0.254 e. The summed E-state index contributed by atoms with van der Waals surface area (Å²) in [5, 5.41) is 13.0. The number of rotatable bonds is 4. The largest absolute Gasteiger partial charge is 0.508 e. The van der Waals surface area contributed by atoms with Gasteiger partial charge in [-0.15, -0.1) is 0 Å². The Morgan fingerprint density at radius 2 is 2.00 bits per heavy atom. The van der Waals surface area contributed by atoms with Crippen molar-refractivity contribution in [2.24, 2.45) is 5.10 Å². The zero-order chi connectivity index (χ0) is 12.8. The number of nitrogens with zero attached hydrogens (tertiary/aromatic N) is 2. The lowest BCUT2D eigenvalue weighted by molar-refractivity contribution is -0.121. The molecule has 1 saturated heterocycles. The van der Waals surface area contributed by atoms with Gasteiger partial charge in [0.15, 0.2) is 0 Å². The zero-order valence-electron chi connectivity index (χ0n) is 10.2. The molecule has 1 aromatic rings. The van der Waals surface area contributed by atoms with Gasteiger partial charge in [-0.05, 0) is 55.8 Å². The van der Waals surface area contributed by atoms with E-state index in [0.29, 0.717) is 6.54 Å². The average molecular weight is 247 g/mol. The van der Waals surface area contributed by atoms with Crippen molar-refractivity contribution in [1.29, 1.82) is 0 Å². The summed E-state index contributed by atoms with van der Waals surface area (Å²) >= 11 is 0. The first-order chi connectivity index (χ1) is 8.74. The lowest BCUT2D eigenvalue weighted by atomic mass is 10.2. The number of carbonyl (C=O) groups excluding carboxylic acids is 1. The van der Waals surface area contributed by atoms with Crippen molar-refractivity contribution in [3.05, 3.63) is 29.8 Å². The minimum Gasteiger partial charge on any atom is -0.508 e. The van der Waals surface area contributed by atoms with Crippen molar-refractivity contribution in [3.8, 4) is 5.75 Å². The number of nitrogens with one attached hydrogen (secondary N) is 1. The van der Waals surface area contributed by atoms with E-state index in [0.717, 1.165) is 18.7 Å². The highest BCUT2D eigenvalue weighted by atomic mass is 16.3. The SMILES string of the molecule is O=C(CN1CCCC1)N/N=C\c1ccc(O)cc1. The molecule has 1 amide bonds. The molecule has 18 heavy (non-hydrogen) atoms. The first-order valence-electron chi connectivity index (χ1n) is 6.07. The molecule has 0 aliphatic carbocycles. The van der Waals surface area contributed by atoms with Crippen molar-refractivity contribution in [3.63, 3.8) is 0 Å². The topological polar surface area (TPSA) is 64.9 Å². The Hall–Kier alpha value is -1.88. The molecule has 0 atom stereocenters. The number of phenolic OH excluding ortho intramolecular Hbond substituents is 1. The summed E-state index contributed by atoms with van der Waals surface area (Å²) in [6.45, 7) is 2.40. The van der Waals surface area contributed by atoms with Crippen LogP contribution in [0.3, 0.4) is 0 Å². The third kappa shape index (κ3) is 3.85. The highest BCUT2D eigenvalue weighted by Crippen LogP contribution is 2.07. The molecule has 1 heterocycles. The molecule has 2 N–H and O–H groups in total. The Labute approximate surface area is 106 Å². The molecule has 5 heteroatoms. The number of carbonyl (C=O) groups is 1. The fourth-order valence-electron chi connectivity index (χ4n) is 1.92. The molecule has 0 radical (unpaired) electrons. The van der Waals surface area contributed by atoms with E-state index in [1.807, 2.05) is 0 Å². The van der Waals surface area contributed by atoms with Crippen LogP contribution in [-0.4, -0.2) is 41.8 Å². The minimum absolute atomic E-state index is 0.0908. The van der Waals surface area contributed by atoms with Crippen LogP contribution in [0.25, 0.3) is 0 Å². The van der Waals surface area contributed by atoms with Gasteiger partial charge in [0.05, 0.1) is 12.8 Å². The summed E-state index contributed by atoms with van der Waals surface area (Å²) in [7, 11) is 0. The van der Waals surface area contributed by atoms with E-state index >= 15 is 0 Å². The highest BCUT2D eigenvalue weighted by molar-refractivity contribution is 5.83. The molecule has 0 aromatic heterocycles. The normalized spacial score (nSPS) is 16.2. The summed E-state index contributed by atoms with van der Waals surface area (Å²) < 4.78 is 0. The summed E-state index contributed by atoms with van der Waals surface area (Å²) in [6, 6.07) is 6.61. The number of amides is 1. The molecule has 2 rings (SSSR count). The third-order valence-corrected chi connectivity index (χ3v) is 2.86. The van der Waals surface area contributed by atoms with Crippen LogP contribution in [-0.2, 0) is 4.79 Å². The number of hydrogen-bond donors (Lipinski definition) is 2. The van der Waals surface area contributed by atoms with E-state index in [1.165, 1.54) is 12.8 Å². The van der Waals surface area contributed by atoms with Gasteiger partial charge in [0.25, 0.3) is 5.91 Å². The number of hydrazone groups is 1. The second kappa shape index (κ2) is 6.16. The van der Waals surface area contributed by atoms with Crippen LogP contribution in [0.2, 0.25) is 0 Å². The Balaban J connectivity index is 1.76. The van der Waals surface area contributed by atoms with Gasteiger partial charge >= 0.3 is 0 Å². The number of phenols is 1. The summed E-state index contributed by atoms with van der Waals surface area (Å²) in [6.07, 6.45) is 3.90. The van der Waals surface area contributed by atoms with Gasteiger partial charge in [-0.2, -0.15) is 5.10 Å². The molecule has 5 nitrogen and oxygen atoms in total. The van der Waals surface area contributed by atoms with Crippen LogP contribution in [0.1, 0.15) is 18.4 Å². The Kier molecular flexibility index (Phi) is 4.30. The number of benzene rings is 1. The molecular formula is C13H17N3O2. The second-order valence-electron chi connectivity index (χ2n) is 4.37. The molecule has 0 bridgehead atoms. The smallest absolute Gasteiger partial charge is 0.254 e. The number of aromatic hydroxyl groups is 1. The van der Waals surface area contributed by atoms with Gasteiger partial charge in [0.2, 0.25) is 0 Å². The minimum atomic E-state index is -0.0908. The Morgan fingerprint density at radius 1 is 1.33 bits per heavy atom. The maximum absolute atomic E-state index is 11.5. The van der Waals surface area contributed by atoms with E-state index in [9.17, 15) is 4.79 Å². The van der Waals surface area contributed by atoms with Gasteiger partial charge in [0.1, 0.15) is 5.75 Å². The lowest BCUT2D eigenvalue weighted by Crippen LogP contribution is -2.33. The van der Waals surface area contributed by atoms with Crippen molar-refractivity contribution < 1.29 is 9.90 Å².